The zero-order chi connectivity index (χ0) is 16.3. The smallest absolute Gasteiger partial charge is 0.240 e. The minimum atomic E-state index is -0.0874. The van der Waals surface area contributed by atoms with Crippen LogP contribution in [0.4, 0.5) is 0 Å². The van der Waals surface area contributed by atoms with Crippen LogP contribution < -0.4 is 10.2 Å². The number of hydrazone groups is 1. The van der Waals surface area contributed by atoms with Crippen molar-refractivity contribution in [3.8, 4) is 5.75 Å². The van der Waals surface area contributed by atoms with Gasteiger partial charge in [-0.2, -0.15) is 5.10 Å². The lowest BCUT2D eigenvalue weighted by atomic mass is 10.2. The number of carbonyl (C=O) groups excluding carboxylic acids is 1. The molecule has 0 atom stereocenters. The minimum absolute atomic E-state index is 0.0874. The molecule has 0 aliphatic heterocycles. The highest BCUT2D eigenvalue weighted by Crippen LogP contribution is 2.17. The molecule has 5 heteroatoms. The zero-order valence-corrected chi connectivity index (χ0v) is 13.9. The summed E-state index contributed by atoms with van der Waals surface area (Å²) in [7, 11) is 0. The number of nitrogens with zero attached hydrogens (tertiary/aromatic N) is 1. The molecule has 0 aromatic heterocycles. The number of nitrogens with one attached hydrogen (secondary N) is 1. The van der Waals surface area contributed by atoms with Gasteiger partial charge >= 0.3 is 0 Å². The number of ether oxygens (including phenoxy) is 1. The lowest BCUT2D eigenvalue weighted by Gasteiger charge is -2.02. The maximum absolute atomic E-state index is 11.7. The lowest BCUT2D eigenvalue weighted by Crippen LogP contribution is -2.17. The van der Waals surface area contributed by atoms with Crippen molar-refractivity contribution in [3.63, 3.8) is 0 Å². The lowest BCUT2D eigenvalue weighted by molar-refractivity contribution is -0.120. The van der Waals surface area contributed by atoms with Crippen LogP contribution in [0, 0.1) is 0 Å². The summed E-state index contributed by atoms with van der Waals surface area (Å²) >= 11 is 1.66. The monoisotopic (exact) mass is 328 g/mol. The van der Waals surface area contributed by atoms with E-state index in [0.717, 1.165) is 22.0 Å². The van der Waals surface area contributed by atoms with Crippen LogP contribution in [-0.2, 0) is 4.79 Å². The van der Waals surface area contributed by atoms with Gasteiger partial charge in [-0.15, -0.1) is 11.8 Å². The maximum atomic E-state index is 11.7. The van der Waals surface area contributed by atoms with Crippen molar-refractivity contribution < 1.29 is 9.53 Å². The summed E-state index contributed by atoms with van der Waals surface area (Å²) in [6.45, 7) is 2.59. The van der Waals surface area contributed by atoms with Gasteiger partial charge in [-0.1, -0.05) is 18.2 Å². The number of benzene rings is 2. The SMILES string of the molecule is CCOc1ccc(/C=N\NC(=O)CCSc2ccccc2)cc1. The molecule has 4 nitrogen and oxygen atoms in total. The van der Waals surface area contributed by atoms with Crippen LogP contribution in [0.1, 0.15) is 18.9 Å². The number of hydrogen-bond acceptors (Lipinski definition) is 4. The third-order valence-corrected chi connectivity index (χ3v) is 3.95. The average Bonchev–Trinajstić information content (AvgIpc) is 2.58. The summed E-state index contributed by atoms with van der Waals surface area (Å²) in [6, 6.07) is 17.6. The predicted molar refractivity (Wildman–Crippen MR) is 95.1 cm³/mol. The number of hydrogen-bond donors (Lipinski definition) is 1. The number of carbonyl (C=O) groups is 1. The Kier molecular flexibility index (Phi) is 7.20. The van der Waals surface area contributed by atoms with Crippen LogP contribution >= 0.6 is 11.8 Å². The number of amides is 1. The molecule has 0 spiro atoms. The third kappa shape index (κ3) is 6.57. The van der Waals surface area contributed by atoms with Gasteiger partial charge in [-0.3, -0.25) is 4.79 Å². The Morgan fingerprint density at radius 3 is 2.61 bits per heavy atom. The molecule has 23 heavy (non-hydrogen) atoms. The minimum Gasteiger partial charge on any atom is -0.494 e. The molecular formula is C18H20N2O2S. The first-order valence-electron chi connectivity index (χ1n) is 7.50. The van der Waals surface area contributed by atoms with Gasteiger partial charge in [0.05, 0.1) is 12.8 Å². The second-order valence-electron chi connectivity index (χ2n) is 4.71. The highest BCUT2D eigenvalue weighted by molar-refractivity contribution is 7.99. The summed E-state index contributed by atoms with van der Waals surface area (Å²) in [6.07, 6.45) is 2.05. The molecule has 0 saturated heterocycles. The topological polar surface area (TPSA) is 50.7 Å². The van der Waals surface area contributed by atoms with Crippen molar-refractivity contribution in [1.29, 1.82) is 0 Å². The molecule has 2 rings (SSSR count). The van der Waals surface area contributed by atoms with Crippen molar-refractivity contribution in [2.45, 2.75) is 18.2 Å². The summed E-state index contributed by atoms with van der Waals surface area (Å²) in [5.74, 6) is 1.47. The van der Waals surface area contributed by atoms with Crippen molar-refractivity contribution in [1.82, 2.24) is 5.43 Å². The van der Waals surface area contributed by atoms with E-state index in [1.165, 1.54) is 0 Å². The van der Waals surface area contributed by atoms with E-state index < -0.39 is 0 Å². The molecule has 0 unspecified atom stereocenters. The summed E-state index contributed by atoms with van der Waals surface area (Å²) in [5, 5.41) is 3.97. The van der Waals surface area contributed by atoms with Crippen LogP contribution in [0.3, 0.4) is 0 Å². The molecule has 0 aliphatic rings. The third-order valence-electron chi connectivity index (χ3n) is 2.94. The Morgan fingerprint density at radius 2 is 1.91 bits per heavy atom. The van der Waals surface area contributed by atoms with Crippen LogP contribution in [0.15, 0.2) is 64.6 Å². The van der Waals surface area contributed by atoms with Crippen molar-refractivity contribution in [3.05, 3.63) is 60.2 Å². The molecule has 0 heterocycles. The van der Waals surface area contributed by atoms with Crippen molar-refractivity contribution >= 4 is 23.9 Å². The second kappa shape index (κ2) is 9.69. The van der Waals surface area contributed by atoms with Gasteiger partial charge in [-0.05, 0) is 48.9 Å². The molecular weight excluding hydrogens is 308 g/mol. The van der Waals surface area contributed by atoms with Gasteiger partial charge < -0.3 is 4.74 Å². The predicted octanol–water partition coefficient (Wildman–Crippen LogP) is 3.72. The van der Waals surface area contributed by atoms with E-state index in [2.05, 4.69) is 10.5 Å². The van der Waals surface area contributed by atoms with Gasteiger partial charge in [0.15, 0.2) is 0 Å². The van der Waals surface area contributed by atoms with Crippen LogP contribution in [0.2, 0.25) is 0 Å². The Morgan fingerprint density at radius 1 is 1.17 bits per heavy atom. The van der Waals surface area contributed by atoms with E-state index in [-0.39, 0.29) is 5.91 Å². The highest BCUT2D eigenvalue weighted by atomic mass is 32.2. The van der Waals surface area contributed by atoms with E-state index in [1.54, 1.807) is 18.0 Å². The van der Waals surface area contributed by atoms with Crippen LogP contribution in [0.5, 0.6) is 5.75 Å². The zero-order valence-electron chi connectivity index (χ0n) is 13.1. The van der Waals surface area contributed by atoms with Crippen molar-refractivity contribution in [2.75, 3.05) is 12.4 Å². The molecule has 2 aromatic carbocycles. The van der Waals surface area contributed by atoms with E-state index >= 15 is 0 Å². The van der Waals surface area contributed by atoms with Gasteiger partial charge in [0.2, 0.25) is 5.91 Å². The first kappa shape index (κ1) is 17.1. The maximum Gasteiger partial charge on any atom is 0.240 e. The van der Waals surface area contributed by atoms with Crippen LogP contribution in [0.25, 0.3) is 0 Å². The summed E-state index contributed by atoms with van der Waals surface area (Å²) in [4.78, 5) is 12.9. The largest absolute Gasteiger partial charge is 0.494 e. The Balaban J connectivity index is 1.69. The Labute approximate surface area is 140 Å². The number of rotatable bonds is 8. The molecule has 0 saturated carbocycles. The molecule has 1 N–H and O–H groups in total. The van der Waals surface area contributed by atoms with Gasteiger partial charge in [0.1, 0.15) is 5.75 Å². The molecule has 0 radical (unpaired) electrons. The van der Waals surface area contributed by atoms with E-state index in [0.29, 0.717) is 13.0 Å². The summed E-state index contributed by atoms with van der Waals surface area (Å²) in [5.41, 5.74) is 3.45. The molecule has 2 aromatic rings. The fraction of sp³-hybridized carbons (Fsp3) is 0.222. The standard InChI is InChI=1S/C18H20N2O2S/c1-2-22-16-10-8-15(9-11-16)14-19-20-18(21)12-13-23-17-6-4-3-5-7-17/h3-11,14H,2,12-13H2,1H3,(H,20,21)/b19-14-. The van der Waals surface area contributed by atoms with Gasteiger partial charge in [0.25, 0.3) is 0 Å². The van der Waals surface area contributed by atoms with E-state index in [9.17, 15) is 4.79 Å². The van der Waals surface area contributed by atoms with Gasteiger partial charge in [-0.25, -0.2) is 5.43 Å². The number of thioether (sulfide) groups is 1. The molecule has 0 aliphatic carbocycles. The Bertz CT molecular complexity index is 627. The molecule has 1 amide bonds. The summed E-state index contributed by atoms with van der Waals surface area (Å²) < 4.78 is 5.37. The highest BCUT2D eigenvalue weighted by Gasteiger charge is 2.00. The van der Waals surface area contributed by atoms with E-state index in [4.69, 9.17) is 4.74 Å². The molecule has 0 fully saturated rings. The quantitative estimate of drug-likeness (QED) is 0.456. The normalized spacial score (nSPS) is 10.7. The molecule has 120 valence electrons. The Hall–Kier alpha value is -2.27. The average molecular weight is 328 g/mol. The first-order chi connectivity index (χ1) is 11.3. The first-order valence-corrected chi connectivity index (χ1v) is 8.49. The molecule has 0 bridgehead atoms. The van der Waals surface area contributed by atoms with Crippen molar-refractivity contribution in [2.24, 2.45) is 5.10 Å². The second-order valence-corrected chi connectivity index (χ2v) is 5.88. The van der Waals surface area contributed by atoms with Crippen LogP contribution in [-0.4, -0.2) is 24.5 Å². The van der Waals surface area contributed by atoms with E-state index in [1.807, 2.05) is 61.5 Å². The fourth-order valence-corrected chi connectivity index (χ4v) is 2.70. The fourth-order valence-electron chi connectivity index (χ4n) is 1.83. The van der Waals surface area contributed by atoms with Gasteiger partial charge in [0, 0.05) is 17.1 Å².